The number of rotatable bonds is 10. The van der Waals surface area contributed by atoms with Crippen molar-refractivity contribution in [2.24, 2.45) is 17.1 Å². The van der Waals surface area contributed by atoms with Gasteiger partial charge in [-0.15, -0.1) is 11.3 Å². The van der Waals surface area contributed by atoms with Crippen LogP contribution in [0.5, 0.6) is 0 Å². The Morgan fingerprint density at radius 2 is 1.77 bits per heavy atom. The maximum Gasteiger partial charge on any atom is 0.431 e. The summed E-state index contributed by atoms with van der Waals surface area (Å²) in [5.41, 5.74) is 5.32. The zero-order valence-electron chi connectivity index (χ0n) is 33.9. The molecule has 9 rings (SSSR count). The number of hydrogen-bond acceptors (Lipinski definition) is 11. The van der Waals surface area contributed by atoms with Crippen LogP contribution in [0, 0.1) is 11.3 Å². The molecule has 6 aliphatic rings. The first kappa shape index (κ1) is 41.2. The van der Waals surface area contributed by atoms with Crippen LogP contribution < -0.4 is 21.3 Å². The molecule has 2 aliphatic carbocycles. The van der Waals surface area contributed by atoms with E-state index in [1.807, 2.05) is 0 Å². The molecule has 0 radical (unpaired) electrons. The largest absolute Gasteiger partial charge is 0.431 e. The van der Waals surface area contributed by atoms with Crippen LogP contribution in [0.15, 0.2) is 54.3 Å². The third-order valence-electron chi connectivity index (χ3n) is 13.5. The van der Waals surface area contributed by atoms with E-state index in [-0.39, 0.29) is 41.1 Å². The van der Waals surface area contributed by atoms with Crippen LogP contribution in [0.2, 0.25) is 0 Å². The van der Waals surface area contributed by atoms with Crippen molar-refractivity contribution in [2.75, 3.05) is 29.9 Å². The number of aliphatic hydroxyl groups is 1. The molecule has 61 heavy (non-hydrogen) atoms. The second-order valence-electron chi connectivity index (χ2n) is 18.2. The van der Waals surface area contributed by atoms with Crippen LogP contribution in [0.4, 0.5) is 24.5 Å². The Kier molecular flexibility index (Phi) is 10.2. The van der Waals surface area contributed by atoms with Gasteiger partial charge in [0.1, 0.15) is 17.8 Å². The average Bonchev–Trinajstić information content (AvgIpc) is 3.71. The molecule has 5 amide bonds. The van der Waals surface area contributed by atoms with E-state index in [0.29, 0.717) is 39.8 Å². The number of allylic oxidation sites excluding steroid dienone is 3. The van der Waals surface area contributed by atoms with E-state index in [4.69, 9.17) is 10.7 Å². The summed E-state index contributed by atoms with van der Waals surface area (Å²) in [7, 11) is 0. The number of alkyl halides is 3. The molecule has 2 aromatic carbocycles. The molecular formula is C44H48F3N7O6S. The molecule has 1 aromatic heterocycles. The molecule has 4 fully saturated rings. The number of anilines is 2. The number of hydrogen-bond donors (Lipinski definition) is 4. The number of carbonyl (C=O) groups excluding carboxylic acids is 5. The minimum atomic E-state index is -4.78. The van der Waals surface area contributed by atoms with Gasteiger partial charge in [-0.05, 0) is 107 Å². The van der Waals surface area contributed by atoms with Crippen LogP contribution in [0.1, 0.15) is 109 Å². The van der Waals surface area contributed by atoms with E-state index >= 15 is 0 Å². The third kappa shape index (κ3) is 7.41. The fraction of sp³-hybridized carbons (Fsp3) is 0.500. The first-order chi connectivity index (χ1) is 28.9. The van der Waals surface area contributed by atoms with Crippen molar-refractivity contribution in [1.82, 2.24) is 20.1 Å². The molecule has 17 heteroatoms. The van der Waals surface area contributed by atoms with Crippen molar-refractivity contribution in [3.63, 3.8) is 0 Å². The van der Waals surface area contributed by atoms with Crippen LogP contribution in [0.3, 0.4) is 0 Å². The lowest BCUT2D eigenvalue weighted by molar-refractivity contribution is -0.136. The number of fused-ring (bicyclic) bond motifs is 2. The minimum absolute atomic E-state index is 0.0606. The predicted molar refractivity (Wildman–Crippen MR) is 222 cm³/mol. The highest BCUT2D eigenvalue weighted by Gasteiger charge is 2.53. The van der Waals surface area contributed by atoms with Crippen LogP contribution >= 0.6 is 11.3 Å². The molecule has 13 nitrogen and oxygen atoms in total. The number of halogens is 3. The molecule has 2 atom stereocenters. The smallest absolute Gasteiger partial charge is 0.386 e. The molecule has 1 spiro atoms. The molecule has 5 N–H and O–H groups in total. The SMILES string of the molecule is CC(C)(O)c1cc2nc(C3CCC(N4CC5(CC(CCNc6cccc7c6C(=O)N(C6CCC(=O)NC6=O)C7=O)C5)C4)CC3)sc2cc1N1C(C(F)(F)F)=CC=CC1C(N)=O. The third-order valence-corrected chi connectivity index (χ3v) is 14.7. The van der Waals surface area contributed by atoms with Crippen molar-refractivity contribution in [3.8, 4) is 0 Å². The number of piperidine rings is 1. The number of nitrogens with two attached hydrogens (primary N) is 1. The summed E-state index contributed by atoms with van der Waals surface area (Å²) < 4.78 is 43.6. The Labute approximate surface area is 354 Å². The monoisotopic (exact) mass is 859 g/mol. The number of nitrogens with one attached hydrogen (secondary N) is 2. The Balaban J connectivity index is 0.780. The summed E-state index contributed by atoms with van der Waals surface area (Å²) in [6.45, 7) is 5.78. The molecule has 5 heterocycles. The molecule has 2 unspecified atom stereocenters. The second-order valence-corrected chi connectivity index (χ2v) is 19.2. The van der Waals surface area contributed by atoms with E-state index in [9.17, 15) is 42.3 Å². The second kappa shape index (κ2) is 15.0. The van der Waals surface area contributed by atoms with Gasteiger partial charge >= 0.3 is 6.18 Å². The van der Waals surface area contributed by atoms with Gasteiger partial charge in [0, 0.05) is 55.0 Å². The van der Waals surface area contributed by atoms with Crippen molar-refractivity contribution in [1.29, 1.82) is 0 Å². The summed E-state index contributed by atoms with van der Waals surface area (Å²) in [6.07, 6.45) is 5.95. The number of primary amides is 1. The molecule has 3 aromatic rings. The molecule has 4 aliphatic heterocycles. The summed E-state index contributed by atoms with van der Waals surface area (Å²) in [6, 6.07) is 6.43. The van der Waals surface area contributed by atoms with Crippen molar-refractivity contribution in [3.05, 3.63) is 76.0 Å². The highest BCUT2D eigenvalue weighted by atomic mass is 32.1. The highest BCUT2D eigenvalue weighted by Crippen LogP contribution is 2.55. The number of thiazole rings is 1. The first-order valence-corrected chi connectivity index (χ1v) is 21.8. The Morgan fingerprint density at radius 1 is 1.03 bits per heavy atom. The Morgan fingerprint density at radius 3 is 2.44 bits per heavy atom. The first-order valence-electron chi connectivity index (χ1n) is 20.9. The predicted octanol–water partition coefficient (Wildman–Crippen LogP) is 5.84. The van der Waals surface area contributed by atoms with Gasteiger partial charge in [0.15, 0.2) is 0 Å². The number of benzene rings is 2. The van der Waals surface area contributed by atoms with E-state index in [1.165, 1.54) is 37.3 Å². The molecule has 2 saturated carbocycles. The quantitative estimate of drug-likeness (QED) is 0.181. The van der Waals surface area contributed by atoms with E-state index in [1.54, 1.807) is 30.3 Å². The molecular weight excluding hydrogens is 812 g/mol. The summed E-state index contributed by atoms with van der Waals surface area (Å²) in [4.78, 5) is 72.6. The zero-order valence-corrected chi connectivity index (χ0v) is 34.7. The van der Waals surface area contributed by atoms with Gasteiger partial charge in [-0.3, -0.25) is 39.1 Å². The Hall–Kier alpha value is -5.13. The number of imide groups is 2. The van der Waals surface area contributed by atoms with Gasteiger partial charge in [-0.1, -0.05) is 18.2 Å². The topological polar surface area (TPSA) is 178 Å². The normalized spacial score (nSPS) is 25.7. The molecule has 2 saturated heterocycles. The Bertz CT molecular complexity index is 2400. The number of aromatic nitrogens is 1. The highest BCUT2D eigenvalue weighted by molar-refractivity contribution is 7.18. The van der Waals surface area contributed by atoms with Gasteiger partial charge in [-0.25, -0.2) is 4.98 Å². The standard InChI is InChI=1S/C44H48F3N7O6S/c1-42(2,60)27-17-29-33(18-32(27)53-30(37(48)56)7-4-8-34(53)44(45,46)47)61-39(50-29)24-9-11-25(12-10-24)52-21-43(22-52)19-23(20-43)15-16-49-28-6-3-5-26-36(28)41(59)54(40(26)58)31-13-14-35(55)51-38(31)57/h3-8,17-18,23-25,30-31,49,60H,9-16,19-22H2,1-2H3,(H2,48,56)(H,51,55,57). The summed E-state index contributed by atoms with van der Waals surface area (Å²) in [5.74, 6) is -2.26. The van der Waals surface area contributed by atoms with Crippen molar-refractivity contribution >= 4 is 62.5 Å². The lowest BCUT2D eigenvalue weighted by Gasteiger charge is -2.62. The van der Waals surface area contributed by atoms with Gasteiger partial charge in [0.2, 0.25) is 17.7 Å². The summed E-state index contributed by atoms with van der Waals surface area (Å²) in [5, 5.41) is 17.7. The van der Waals surface area contributed by atoms with Gasteiger partial charge < -0.3 is 21.1 Å². The number of nitrogens with zero attached hydrogens (tertiary/aromatic N) is 4. The average molecular weight is 860 g/mol. The van der Waals surface area contributed by atoms with Crippen LogP contribution in [-0.2, 0) is 20.0 Å². The minimum Gasteiger partial charge on any atom is -0.386 e. The number of likely N-dealkylation sites (tertiary alicyclic amines) is 1. The van der Waals surface area contributed by atoms with Crippen molar-refractivity contribution in [2.45, 2.75) is 107 Å². The lowest BCUT2D eigenvalue weighted by Crippen LogP contribution is -2.65. The van der Waals surface area contributed by atoms with Gasteiger partial charge in [0.25, 0.3) is 11.8 Å². The van der Waals surface area contributed by atoms with E-state index in [0.717, 1.165) is 78.9 Å². The number of carbonyl (C=O) groups is 5. The van der Waals surface area contributed by atoms with Gasteiger partial charge in [-0.2, -0.15) is 13.2 Å². The molecule has 322 valence electrons. The fourth-order valence-corrected chi connectivity index (χ4v) is 11.8. The lowest BCUT2D eigenvalue weighted by atomic mass is 9.56. The van der Waals surface area contributed by atoms with Gasteiger partial charge in [0.05, 0.1) is 32.0 Å². The van der Waals surface area contributed by atoms with E-state index in [2.05, 4.69) is 15.5 Å². The van der Waals surface area contributed by atoms with Crippen molar-refractivity contribution < 1.29 is 42.3 Å². The fourth-order valence-electron chi connectivity index (χ4n) is 10.6. The van der Waals surface area contributed by atoms with Crippen LogP contribution in [0.25, 0.3) is 10.2 Å². The maximum atomic E-state index is 14.3. The van der Waals surface area contributed by atoms with E-state index < -0.39 is 59.1 Å². The number of amides is 5. The molecule has 0 bridgehead atoms. The zero-order chi connectivity index (χ0) is 43.2. The maximum absolute atomic E-state index is 14.3. The van der Waals surface area contributed by atoms with Crippen LogP contribution in [-0.4, -0.2) is 93.4 Å². The summed E-state index contributed by atoms with van der Waals surface area (Å²) >= 11 is 1.45.